The predicted octanol–water partition coefficient (Wildman–Crippen LogP) is 3.01. The van der Waals surface area contributed by atoms with Crippen LogP contribution in [0.1, 0.15) is 22.0 Å². The molecule has 0 aliphatic heterocycles. The minimum absolute atomic E-state index is 0.477. The molecule has 2 rings (SSSR count). The molecule has 2 aromatic rings. The van der Waals surface area contributed by atoms with Crippen molar-refractivity contribution >= 4 is 23.5 Å². The fraction of sp³-hybridized carbons (Fsp3) is 0.312. The van der Waals surface area contributed by atoms with E-state index in [-0.39, 0.29) is 0 Å². The Morgan fingerprint density at radius 2 is 1.96 bits per heavy atom. The molecule has 1 aromatic carbocycles. The number of rotatable bonds is 6. The highest BCUT2D eigenvalue weighted by Gasteiger charge is 2.38. The molecule has 0 fully saturated rings. The zero-order chi connectivity index (χ0) is 20.6. The lowest BCUT2D eigenvalue weighted by atomic mass is 10.1. The van der Waals surface area contributed by atoms with Gasteiger partial charge >= 0.3 is 18.1 Å². The van der Waals surface area contributed by atoms with Gasteiger partial charge in [0.05, 0.1) is 7.11 Å². The molecule has 0 aliphatic carbocycles. The number of carbonyl (C=O) groups is 2. The van der Waals surface area contributed by atoms with E-state index >= 15 is 0 Å². The first kappa shape index (κ1) is 22.4. The maximum absolute atomic E-state index is 11.4. The van der Waals surface area contributed by atoms with Crippen LogP contribution in [0.3, 0.4) is 0 Å². The second-order valence-electron chi connectivity index (χ2n) is 5.16. The maximum Gasteiger partial charge on any atom is 0.490 e. The van der Waals surface area contributed by atoms with E-state index in [0.717, 1.165) is 10.4 Å². The molecule has 0 amide bonds. The molecule has 0 bridgehead atoms. The quantitative estimate of drug-likeness (QED) is 0.677. The summed E-state index contributed by atoms with van der Waals surface area (Å²) in [5, 5.41) is 19.5. The van der Waals surface area contributed by atoms with Crippen LogP contribution in [0.2, 0.25) is 0 Å². The summed E-state index contributed by atoms with van der Waals surface area (Å²) in [4.78, 5) is 21.4. The number of hydrogen-bond donors (Lipinski definition) is 3. The SMILES string of the molecule is COc1cccc(C(NCc2sncc2C)C(=O)O)c1.O=C(O)C(F)(F)F. The van der Waals surface area contributed by atoms with Gasteiger partial charge in [-0.3, -0.25) is 10.1 Å². The molecule has 0 spiro atoms. The van der Waals surface area contributed by atoms with Gasteiger partial charge in [0, 0.05) is 17.6 Å². The Kier molecular flexibility index (Phi) is 8.19. The van der Waals surface area contributed by atoms with Crippen LogP contribution < -0.4 is 10.1 Å². The molecule has 7 nitrogen and oxygen atoms in total. The third-order valence-corrected chi connectivity index (χ3v) is 4.13. The molecule has 11 heteroatoms. The number of aryl methyl sites for hydroxylation is 1. The lowest BCUT2D eigenvalue weighted by Crippen LogP contribution is -2.28. The smallest absolute Gasteiger partial charge is 0.490 e. The largest absolute Gasteiger partial charge is 0.497 e. The first-order valence-corrected chi connectivity index (χ1v) is 8.14. The summed E-state index contributed by atoms with van der Waals surface area (Å²) in [6.45, 7) is 2.44. The molecule has 27 heavy (non-hydrogen) atoms. The molecule has 0 saturated heterocycles. The minimum atomic E-state index is -5.08. The van der Waals surface area contributed by atoms with Crippen molar-refractivity contribution in [2.24, 2.45) is 0 Å². The van der Waals surface area contributed by atoms with Gasteiger partial charge in [-0.2, -0.15) is 13.2 Å². The number of alkyl halides is 3. The third-order valence-electron chi connectivity index (χ3n) is 3.23. The van der Waals surface area contributed by atoms with Crippen LogP contribution in [0.15, 0.2) is 30.5 Å². The van der Waals surface area contributed by atoms with E-state index in [9.17, 15) is 23.1 Å². The minimum Gasteiger partial charge on any atom is -0.497 e. The first-order valence-electron chi connectivity index (χ1n) is 7.36. The van der Waals surface area contributed by atoms with Gasteiger partial charge in [-0.25, -0.2) is 9.17 Å². The average Bonchev–Trinajstić information content (AvgIpc) is 3.00. The number of nitrogens with one attached hydrogen (secondary N) is 1. The Labute approximate surface area is 156 Å². The highest BCUT2D eigenvalue weighted by atomic mass is 32.1. The van der Waals surface area contributed by atoms with Gasteiger partial charge in [-0.15, -0.1) is 0 Å². The van der Waals surface area contributed by atoms with E-state index in [2.05, 4.69) is 9.69 Å². The summed E-state index contributed by atoms with van der Waals surface area (Å²) in [5.74, 6) is -3.03. The van der Waals surface area contributed by atoms with E-state index in [4.69, 9.17) is 14.6 Å². The van der Waals surface area contributed by atoms with E-state index in [1.807, 2.05) is 6.92 Å². The Hall–Kier alpha value is -2.66. The molecule has 1 unspecified atom stereocenters. The van der Waals surface area contributed by atoms with Gasteiger partial charge in [0.15, 0.2) is 0 Å². The van der Waals surface area contributed by atoms with Crippen molar-refractivity contribution in [2.75, 3.05) is 7.11 Å². The summed E-state index contributed by atoms with van der Waals surface area (Å²) in [7, 11) is 1.56. The molecular formula is C16H17F3N2O5S. The highest BCUT2D eigenvalue weighted by molar-refractivity contribution is 7.05. The molecule has 148 valence electrons. The molecular weight excluding hydrogens is 389 g/mol. The number of halogens is 3. The Bertz CT molecular complexity index is 779. The summed E-state index contributed by atoms with van der Waals surface area (Å²) in [6.07, 6.45) is -3.30. The molecule has 0 aliphatic rings. The van der Waals surface area contributed by atoms with E-state index in [0.29, 0.717) is 17.9 Å². The monoisotopic (exact) mass is 406 g/mol. The lowest BCUT2D eigenvalue weighted by Gasteiger charge is -2.15. The number of carboxylic acids is 2. The van der Waals surface area contributed by atoms with Crippen LogP contribution in [-0.2, 0) is 16.1 Å². The zero-order valence-electron chi connectivity index (χ0n) is 14.3. The average molecular weight is 406 g/mol. The molecule has 3 N–H and O–H groups in total. The number of aromatic nitrogens is 1. The Morgan fingerprint density at radius 1 is 1.33 bits per heavy atom. The fourth-order valence-corrected chi connectivity index (χ4v) is 2.53. The van der Waals surface area contributed by atoms with Crippen molar-refractivity contribution in [3.8, 4) is 5.75 Å². The van der Waals surface area contributed by atoms with Gasteiger partial charge in [0.1, 0.15) is 11.8 Å². The van der Waals surface area contributed by atoms with Gasteiger partial charge < -0.3 is 14.9 Å². The summed E-state index contributed by atoms with van der Waals surface area (Å²) >= 11 is 1.38. The van der Waals surface area contributed by atoms with E-state index in [1.165, 1.54) is 11.5 Å². The van der Waals surface area contributed by atoms with Crippen molar-refractivity contribution < 1.29 is 37.7 Å². The van der Waals surface area contributed by atoms with Gasteiger partial charge in [0.2, 0.25) is 0 Å². The summed E-state index contributed by atoms with van der Waals surface area (Å²) in [6, 6.07) is 6.30. The van der Waals surface area contributed by atoms with Crippen LogP contribution in [-0.4, -0.2) is 39.8 Å². The fourth-order valence-electron chi connectivity index (χ4n) is 1.85. The molecule has 1 heterocycles. The van der Waals surface area contributed by atoms with Crippen LogP contribution >= 0.6 is 11.5 Å². The van der Waals surface area contributed by atoms with Crippen molar-refractivity contribution in [3.05, 3.63) is 46.5 Å². The number of carboxylic acid groups (broad SMARTS) is 2. The standard InChI is InChI=1S/C14H16N2O3S.C2HF3O2/c1-9-7-16-20-12(9)8-15-13(14(17)18)10-4-3-5-11(6-10)19-2;3-2(4,5)1(6)7/h3-7,13,15H,8H2,1-2H3,(H,17,18);(H,6,7). The zero-order valence-corrected chi connectivity index (χ0v) is 15.1. The number of ether oxygens (including phenoxy) is 1. The molecule has 1 atom stereocenters. The second kappa shape index (κ2) is 9.88. The van der Waals surface area contributed by atoms with E-state index < -0.39 is 24.2 Å². The van der Waals surface area contributed by atoms with Crippen molar-refractivity contribution in [2.45, 2.75) is 25.7 Å². The summed E-state index contributed by atoms with van der Waals surface area (Å²) < 4.78 is 40.9. The summed E-state index contributed by atoms with van der Waals surface area (Å²) in [5.41, 5.74) is 1.73. The van der Waals surface area contributed by atoms with Gasteiger partial charge in [-0.1, -0.05) is 12.1 Å². The Balaban J connectivity index is 0.000000445. The number of hydrogen-bond acceptors (Lipinski definition) is 6. The van der Waals surface area contributed by atoms with Crippen LogP contribution in [0, 0.1) is 6.92 Å². The third kappa shape index (κ3) is 7.23. The second-order valence-corrected chi connectivity index (χ2v) is 6.05. The predicted molar refractivity (Wildman–Crippen MR) is 90.8 cm³/mol. The number of benzene rings is 1. The van der Waals surface area contributed by atoms with Crippen LogP contribution in [0.5, 0.6) is 5.75 Å². The van der Waals surface area contributed by atoms with Gasteiger partial charge in [-0.05, 0) is 41.7 Å². The number of aliphatic carboxylic acids is 2. The normalized spacial score (nSPS) is 11.9. The van der Waals surface area contributed by atoms with Gasteiger partial charge in [0.25, 0.3) is 0 Å². The van der Waals surface area contributed by atoms with Crippen molar-refractivity contribution in [1.29, 1.82) is 0 Å². The van der Waals surface area contributed by atoms with Crippen molar-refractivity contribution in [3.63, 3.8) is 0 Å². The first-order chi connectivity index (χ1) is 12.6. The number of nitrogens with zero attached hydrogens (tertiary/aromatic N) is 1. The highest BCUT2D eigenvalue weighted by Crippen LogP contribution is 2.21. The number of methoxy groups -OCH3 is 1. The molecule has 1 aromatic heterocycles. The van der Waals surface area contributed by atoms with Crippen LogP contribution in [0.4, 0.5) is 13.2 Å². The maximum atomic E-state index is 11.4. The molecule has 0 radical (unpaired) electrons. The lowest BCUT2D eigenvalue weighted by molar-refractivity contribution is -0.192. The van der Waals surface area contributed by atoms with Crippen LogP contribution in [0.25, 0.3) is 0 Å². The molecule has 0 saturated carbocycles. The Morgan fingerprint density at radius 3 is 2.41 bits per heavy atom. The van der Waals surface area contributed by atoms with Crippen molar-refractivity contribution in [1.82, 2.24) is 9.69 Å². The topological polar surface area (TPSA) is 109 Å². The van der Waals surface area contributed by atoms with E-state index in [1.54, 1.807) is 37.6 Å².